The molecule has 0 radical (unpaired) electrons. The summed E-state index contributed by atoms with van der Waals surface area (Å²) in [5.41, 5.74) is 1.84. The van der Waals surface area contributed by atoms with Crippen LogP contribution < -0.4 is 5.32 Å². The van der Waals surface area contributed by atoms with E-state index in [0.717, 1.165) is 17.7 Å². The number of amides is 1. The molecule has 0 saturated carbocycles. The van der Waals surface area contributed by atoms with Gasteiger partial charge in [-0.3, -0.25) is 9.48 Å². The SMILES string of the molecule is CCn1cc(CC(CCC(=O)O)NC(=O)OCc2ccccc2)cn1. The Bertz CT molecular complexity index is 685. The number of nitrogens with one attached hydrogen (secondary N) is 1. The minimum Gasteiger partial charge on any atom is -0.481 e. The van der Waals surface area contributed by atoms with Gasteiger partial charge < -0.3 is 15.2 Å². The van der Waals surface area contributed by atoms with Crippen molar-refractivity contribution in [3.8, 4) is 0 Å². The third-order valence-corrected chi connectivity index (χ3v) is 3.73. The van der Waals surface area contributed by atoms with Crippen LogP contribution in [0.5, 0.6) is 0 Å². The van der Waals surface area contributed by atoms with Crippen LogP contribution in [-0.2, 0) is 29.1 Å². The van der Waals surface area contributed by atoms with Crippen LogP contribution in [0.3, 0.4) is 0 Å². The number of ether oxygens (including phenoxy) is 1. The third kappa shape index (κ3) is 6.66. The number of carbonyl (C=O) groups excluding carboxylic acids is 1. The van der Waals surface area contributed by atoms with Gasteiger partial charge in [0, 0.05) is 25.2 Å². The van der Waals surface area contributed by atoms with E-state index in [2.05, 4.69) is 10.4 Å². The van der Waals surface area contributed by atoms with Gasteiger partial charge in [0.2, 0.25) is 0 Å². The first-order valence-electron chi connectivity index (χ1n) is 8.27. The van der Waals surface area contributed by atoms with Gasteiger partial charge in [-0.05, 0) is 30.9 Å². The molecule has 2 N–H and O–H groups in total. The Labute approximate surface area is 146 Å². The first-order chi connectivity index (χ1) is 12.1. The Morgan fingerprint density at radius 2 is 2.04 bits per heavy atom. The van der Waals surface area contributed by atoms with Crippen LogP contribution >= 0.6 is 0 Å². The molecular formula is C18H23N3O4. The first-order valence-corrected chi connectivity index (χ1v) is 8.27. The minimum absolute atomic E-state index is 0.0223. The number of alkyl carbamates (subject to hydrolysis) is 1. The van der Waals surface area contributed by atoms with Crippen LogP contribution in [0.15, 0.2) is 42.7 Å². The molecule has 1 unspecified atom stereocenters. The molecule has 0 aliphatic rings. The van der Waals surface area contributed by atoms with Crippen molar-refractivity contribution in [1.82, 2.24) is 15.1 Å². The number of hydrogen-bond acceptors (Lipinski definition) is 4. The monoisotopic (exact) mass is 345 g/mol. The normalized spacial score (nSPS) is 11.7. The number of aliphatic carboxylic acids is 1. The molecule has 25 heavy (non-hydrogen) atoms. The van der Waals surface area contributed by atoms with Crippen molar-refractivity contribution >= 4 is 12.1 Å². The second-order valence-corrected chi connectivity index (χ2v) is 5.74. The van der Waals surface area contributed by atoms with Crippen LogP contribution in [0.25, 0.3) is 0 Å². The van der Waals surface area contributed by atoms with Crippen molar-refractivity contribution in [3.63, 3.8) is 0 Å². The van der Waals surface area contributed by atoms with Crippen LogP contribution in [0, 0.1) is 0 Å². The van der Waals surface area contributed by atoms with E-state index in [-0.39, 0.29) is 19.1 Å². The van der Waals surface area contributed by atoms with Gasteiger partial charge in [-0.25, -0.2) is 4.79 Å². The molecule has 0 fully saturated rings. The number of benzene rings is 1. The fourth-order valence-electron chi connectivity index (χ4n) is 2.42. The summed E-state index contributed by atoms with van der Waals surface area (Å²) in [5.74, 6) is -0.895. The van der Waals surface area contributed by atoms with Crippen LogP contribution in [0.4, 0.5) is 4.79 Å². The highest BCUT2D eigenvalue weighted by Gasteiger charge is 2.16. The molecule has 2 aromatic rings. The molecule has 1 aromatic heterocycles. The van der Waals surface area contributed by atoms with Gasteiger partial charge in [-0.2, -0.15) is 5.10 Å². The van der Waals surface area contributed by atoms with Gasteiger partial charge in [0.15, 0.2) is 0 Å². The molecule has 0 bridgehead atoms. The van der Waals surface area contributed by atoms with Crippen LogP contribution in [0.2, 0.25) is 0 Å². The second kappa shape index (κ2) is 9.46. The number of nitrogens with zero attached hydrogens (tertiary/aromatic N) is 2. The lowest BCUT2D eigenvalue weighted by Crippen LogP contribution is -2.37. The summed E-state index contributed by atoms with van der Waals surface area (Å²) in [5, 5.41) is 15.8. The Hall–Kier alpha value is -2.83. The topological polar surface area (TPSA) is 93.5 Å². The molecule has 2 rings (SSSR count). The van der Waals surface area contributed by atoms with E-state index in [4.69, 9.17) is 9.84 Å². The molecule has 1 amide bonds. The smallest absolute Gasteiger partial charge is 0.407 e. The van der Waals surface area contributed by atoms with Gasteiger partial charge in [0.05, 0.1) is 6.20 Å². The molecule has 0 saturated heterocycles. The zero-order valence-electron chi connectivity index (χ0n) is 14.2. The van der Waals surface area contributed by atoms with Gasteiger partial charge in [-0.15, -0.1) is 0 Å². The first kappa shape index (κ1) is 18.5. The van der Waals surface area contributed by atoms with E-state index in [1.165, 1.54) is 0 Å². The molecule has 7 nitrogen and oxygen atoms in total. The van der Waals surface area contributed by atoms with Gasteiger partial charge in [-0.1, -0.05) is 30.3 Å². The van der Waals surface area contributed by atoms with E-state index < -0.39 is 12.1 Å². The van der Waals surface area contributed by atoms with E-state index >= 15 is 0 Å². The minimum atomic E-state index is -0.895. The highest BCUT2D eigenvalue weighted by atomic mass is 16.5. The van der Waals surface area contributed by atoms with Crippen LogP contribution in [0.1, 0.15) is 30.9 Å². The maximum Gasteiger partial charge on any atom is 0.407 e. The number of carbonyl (C=O) groups is 2. The van der Waals surface area contributed by atoms with E-state index in [1.54, 1.807) is 10.9 Å². The average Bonchev–Trinajstić information content (AvgIpc) is 3.06. The number of hydrogen-bond donors (Lipinski definition) is 2. The zero-order chi connectivity index (χ0) is 18.1. The van der Waals surface area contributed by atoms with E-state index in [9.17, 15) is 9.59 Å². The molecule has 1 heterocycles. The van der Waals surface area contributed by atoms with Crippen LogP contribution in [-0.4, -0.2) is 33.0 Å². The summed E-state index contributed by atoms with van der Waals surface area (Å²) >= 11 is 0. The quantitative estimate of drug-likeness (QED) is 0.729. The Kier molecular flexibility index (Phi) is 7.00. The lowest BCUT2D eigenvalue weighted by atomic mass is 10.0. The number of rotatable bonds is 9. The maximum absolute atomic E-state index is 12.0. The summed E-state index contributed by atoms with van der Waals surface area (Å²) in [6.45, 7) is 2.91. The van der Waals surface area contributed by atoms with Crippen molar-refractivity contribution in [2.45, 2.75) is 45.4 Å². The largest absolute Gasteiger partial charge is 0.481 e. The Morgan fingerprint density at radius 1 is 1.28 bits per heavy atom. The summed E-state index contributed by atoms with van der Waals surface area (Å²) in [6, 6.07) is 9.05. The molecule has 0 aliphatic carbocycles. The van der Waals surface area contributed by atoms with Gasteiger partial charge >= 0.3 is 12.1 Å². The maximum atomic E-state index is 12.0. The fraction of sp³-hybridized carbons (Fsp3) is 0.389. The lowest BCUT2D eigenvalue weighted by molar-refractivity contribution is -0.137. The summed E-state index contributed by atoms with van der Waals surface area (Å²) in [4.78, 5) is 22.9. The molecule has 1 aromatic carbocycles. The number of carboxylic acid groups (broad SMARTS) is 1. The predicted octanol–water partition coefficient (Wildman–Crippen LogP) is 2.61. The summed E-state index contributed by atoms with van der Waals surface area (Å²) < 4.78 is 7.00. The fourth-order valence-corrected chi connectivity index (χ4v) is 2.42. The summed E-state index contributed by atoms with van der Waals surface area (Å²) in [6.07, 6.45) is 3.88. The average molecular weight is 345 g/mol. The van der Waals surface area contributed by atoms with E-state index in [0.29, 0.717) is 12.8 Å². The Morgan fingerprint density at radius 3 is 2.68 bits per heavy atom. The number of aryl methyl sites for hydroxylation is 1. The Balaban J connectivity index is 1.89. The van der Waals surface area contributed by atoms with Crippen molar-refractivity contribution in [3.05, 3.63) is 53.9 Å². The highest BCUT2D eigenvalue weighted by Crippen LogP contribution is 2.09. The standard InChI is InChI=1S/C18H23N3O4/c1-2-21-12-15(11-19-21)10-16(8-9-17(22)23)20-18(24)25-13-14-6-4-3-5-7-14/h3-7,11-12,16H,2,8-10,13H2,1H3,(H,20,24)(H,22,23). The predicted molar refractivity (Wildman–Crippen MR) is 92.0 cm³/mol. The van der Waals surface area contributed by atoms with Gasteiger partial charge in [0.25, 0.3) is 0 Å². The molecule has 134 valence electrons. The lowest BCUT2D eigenvalue weighted by Gasteiger charge is -2.17. The molecule has 0 spiro atoms. The van der Waals surface area contributed by atoms with Crippen molar-refractivity contribution in [2.24, 2.45) is 0 Å². The van der Waals surface area contributed by atoms with Gasteiger partial charge in [0.1, 0.15) is 6.61 Å². The zero-order valence-corrected chi connectivity index (χ0v) is 14.2. The third-order valence-electron chi connectivity index (χ3n) is 3.73. The molecular weight excluding hydrogens is 322 g/mol. The second-order valence-electron chi connectivity index (χ2n) is 5.74. The van der Waals surface area contributed by atoms with Crippen molar-refractivity contribution in [2.75, 3.05) is 0 Å². The molecule has 7 heteroatoms. The van der Waals surface area contributed by atoms with E-state index in [1.807, 2.05) is 43.5 Å². The summed E-state index contributed by atoms with van der Waals surface area (Å²) in [7, 11) is 0. The van der Waals surface area contributed by atoms with Crippen molar-refractivity contribution in [1.29, 1.82) is 0 Å². The molecule has 1 atom stereocenters. The van der Waals surface area contributed by atoms with Crippen molar-refractivity contribution < 1.29 is 19.4 Å². The number of aromatic nitrogens is 2. The highest BCUT2D eigenvalue weighted by molar-refractivity contribution is 5.68. The number of carboxylic acids is 1. The molecule has 0 aliphatic heterocycles.